The number of phenols is 1. The van der Waals surface area contributed by atoms with Gasteiger partial charge in [0.05, 0.1) is 0 Å². The fourth-order valence-corrected chi connectivity index (χ4v) is 2.90. The fraction of sp³-hybridized carbons (Fsp3) is 0.600. The Hall–Kier alpha value is -1.02. The van der Waals surface area contributed by atoms with Gasteiger partial charge in [-0.2, -0.15) is 0 Å². The van der Waals surface area contributed by atoms with Gasteiger partial charge in [0.2, 0.25) is 0 Å². The van der Waals surface area contributed by atoms with E-state index in [4.69, 9.17) is 0 Å². The molecule has 0 aliphatic heterocycles. The molecule has 0 amide bonds. The Morgan fingerprint density at radius 1 is 1.24 bits per heavy atom. The Bertz CT molecular complexity index is 356. The number of para-hydroxylation sites is 1. The molecular formula is C15H23NO. The predicted molar refractivity (Wildman–Crippen MR) is 71.0 cm³/mol. The molecule has 0 aromatic heterocycles. The molecular weight excluding hydrogens is 210 g/mol. The highest BCUT2D eigenvalue weighted by molar-refractivity contribution is 5.31. The lowest BCUT2D eigenvalue weighted by Gasteiger charge is -2.27. The molecule has 1 aromatic carbocycles. The largest absolute Gasteiger partial charge is 0.508 e. The van der Waals surface area contributed by atoms with Crippen molar-refractivity contribution in [2.24, 2.45) is 5.41 Å². The van der Waals surface area contributed by atoms with Crippen LogP contribution in [-0.2, 0) is 6.54 Å². The lowest BCUT2D eigenvalue weighted by Crippen LogP contribution is -2.31. The summed E-state index contributed by atoms with van der Waals surface area (Å²) in [5.74, 6) is 0.400. The molecule has 94 valence electrons. The second-order valence-corrected chi connectivity index (χ2v) is 5.29. The highest BCUT2D eigenvalue weighted by atomic mass is 16.3. The first-order valence-electron chi connectivity index (χ1n) is 6.73. The van der Waals surface area contributed by atoms with E-state index in [1.807, 2.05) is 18.2 Å². The number of phenolic OH excluding ortho intramolecular Hbond substituents is 1. The van der Waals surface area contributed by atoms with E-state index in [-0.39, 0.29) is 0 Å². The molecule has 2 N–H and O–H groups in total. The zero-order valence-corrected chi connectivity index (χ0v) is 10.7. The van der Waals surface area contributed by atoms with Crippen molar-refractivity contribution < 1.29 is 5.11 Å². The molecule has 0 saturated heterocycles. The summed E-state index contributed by atoms with van der Waals surface area (Å²) in [4.78, 5) is 0. The van der Waals surface area contributed by atoms with Crippen molar-refractivity contribution in [3.8, 4) is 5.75 Å². The third-order valence-electron chi connectivity index (χ3n) is 4.22. The maximum Gasteiger partial charge on any atom is 0.120 e. The average Bonchev–Trinajstić information content (AvgIpc) is 2.81. The van der Waals surface area contributed by atoms with Crippen LogP contribution in [0.4, 0.5) is 0 Å². The number of aromatic hydroxyl groups is 1. The van der Waals surface area contributed by atoms with E-state index in [9.17, 15) is 5.11 Å². The van der Waals surface area contributed by atoms with Crippen LogP contribution < -0.4 is 5.32 Å². The molecule has 1 aromatic rings. The van der Waals surface area contributed by atoms with Crippen LogP contribution in [0.5, 0.6) is 5.75 Å². The van der Waals surface area contributed by atoms with Crippen LogP contribution in [0, 0.1) is 5.41 Å². The Kier molecular flexibility index (Phi) is 4.06. The quantitative estimate of drug-likeness (QED) is 0.816. The lowest BCUT2D eigenvalue weighted by atomic mass is 9.83. The van der Waals surface area contributed by atoms with Crippen molar-refractivity contribution >= 4 is 0 Å². The van der Waals surface area contributed by atoms with Crippen molar-refractivity contribution in [1.82, 2.24) is 5.32 Å². The van der Waals surface area contributed by atoms with Crippen LogP contribution >= 0.6 is 0 Å². The van der Waals surface area contributed by atoms with Gasteiger partial charge in [-0.25, -0.2) is 0 Å². The summed E-state index contributed by atoms with van der Waals surface area (Å²) in [6.45, 7) is 4.15. The van der Waals surface area contributed by atoms with E-state index in [2.05, 4.69) is 12.2 Å². The lowest BCUT2D eigenvalue weighted by molar-refractivity contribution is 0.267. The topological polar surface area (TPSA) is 32.3 Å². The Labute approximate surface area is 104 Å². The molecule has 1 aliphatic carbocycles. The van der Waals surface area contributed by atoms with Crippen molar-refractivity contribution in [3.63, 3.8) is 0 Å². The minimum atomic E-state index is 0.400. The van der Waals surface area contributed by atoms with E-state index < -0.39 is 0 Å². The van der Waals surface area contributed by atoms with Crippen LogP contribution in [0.1, 0.15) is 44.6 Å². The molecule has 0 atom stereocenters. The predicted octanol–water partition coefficient (Wildman–Crippen LogP) is 3.45. The molecule has 1 aliphatic rings. The second kappa shape index (κ2) is 5.54. The molecule has 0 heterocycles. The summed E-state index contributed by atoms with van der Waals surface area (Å²) in [5, 5.41) is 13.2. The van der Waals surface area contributed by atoms with Crippen LogP contribution in [0.25, 0.3) is 0 Å². The standard InChI is InChI=1S/C15H23NO/c1-2-15(9-5-6-10-15)12-16-11-13-7-3-4-8-14(13)17/h3-4,7-8,16-17H,2,5-6,9-12H2,1H3. The van der Waals surface area contributed by atoms with Gasteiger partial charge >= 0.3 is 0 Å². The summed E-state index contributed by atoms with van der Waals surface area (Å²) >= 11 is 0. The van der Waals surface area contributed by atoms with Gasteiger partial charge < -0.3 is 10.4 Å². The van der Waals surface area contributed by atoms with Crippen molar-refractivity contribution in [1.29, 1.82) is 0 Å². The van der Waals surface area contributed by atoms with Gasteiger partial charge in [-0.3, -0.25) is 0 Å². The van der Waals surface area contributed by atoms with E-state index in [1.54, 1.807) is 6.07 Å². The fourth-order valence-electron chi connectivity index (χ4n) is 2.90. The molecule has 2 nitrogen and oxygen atoms in total. The van der Waals surface area contributed by atoms with Crippen molar-refractivity contribution in [2.45, 2.75) is 45.6 Å². The van der Waals surface area contributed by atoms with Crippen LogP contribution in [0.3, 0.4) is 0 Å². The van der Waals surface area contributed by atoms with Crippen LogP contribution in [0.15, 0.2) is 24.3 Å². The van der Waals surface area contributed by atoms with E-state index in [1.165, 1.54) is 32.1 Å². The summed E-state index contributed by atoms with van der Waals surface area (Å²) in [7, 11) is 0. The first-order valence-corrected chi connectivity index (χ1v) is 6.73. The van der Waals surface area contributed by atoms with Gasteiger partial charge in [0.25, 0.3) is 0 Å². The number of hydrogen-bond acceptors (Lipinski definition) is 2. The molecule has 0 bridgehead atoms. The molecule has 1 fully saturated rings. The second-order valence-electron chi connectivity index (χ2n) is 5.29. The first-order chi connectivity index (χ1) is 8.26. The van der Waals surface area contributed by atoms with E-state index in [0.717, 1.165) is 18.7 Å². The number of benzene rings is 1. The Morgan fingerprint density at radius 3 is 2.59 bits per heavy atom. The van der Waals surface area contributed by atoms with E-state index >= 15 is 0 Å². The van der Waals surface area contributed by atoms with Crippen molar-refractivity contribution in [2.75, 3.05) is 6.54 Å². The number of hydrogen-bond donors (Lipinski definition) is 2. The third-order valence-corrected chi connectivity index (χ3v) is 4.22. The van der Waals surface area contributed by atoms with Crippen molar-refractivity contribution in [3.05, 3.63) is 29.8 Å². The molecule has 2 heteroatoms. The van der Waals surface area contributed by atoms with Gasteiger partial charge in [0.1, 0.15) is 5.75 Å². The summed E-state index contributed by atoms with van der Waals surface area (Å²) < 4.78 is 0. The van der Waals surface area contributed by atoms with Crippen LogP contribution in [0.2, 0.25) is 0 Å². The minimum absolute atomic E-state index is 0.400. The average molecular weight is 233 g/mol. The van der Waals surface area contributed by atoms with Gasteiger partial charge in [-0.15, -0.1) is 0 Å². The van der Waals surface area contributed by atoms with Gasteiger partial charge in [0.15, 0.2) is 0 Å². The minimum Gasteiger partial charge on any atom is -0.508 e. The molecule has 17 heavy (non-hydrogen) atoms. The summed E-state index contributed by atoms with van der Waals surface area (Å²) in [6, 6.07) is 7.57. The maximum atomic E-state index is 9.68. The van der Waals surface area contributed by atoms with E-state index in [0.29, 0.717) is 11.2 Å². The zero-order chi connectivity index (χ0) is 12.1. The smallest absolute Gasteiger partial charge is 0.120 e. The SMILES string of the molecule is CCC1(CNCc2ccccc2O)CCCC1. The highest BCUT2D eigenvalue weighted by Crippen LogP contribution is 2.40. The third kappa shape index (κ3) is 3.01. The van der Waals surface area contributed by atoms with Crippen LogP contribution in [-0.4, -0.2) is 11.7 Å². The normalized spacial score (nSPS) is 18.4. The maximum absolute atomic E-state index is 9.68. The molecule has 0 spiro atoms. The molecule has 1 saturated carbocycles. The zero-order valence-electron chi connectivity index (χ0n) is 10.7. The van der Waals surface area contributed by atoms with Gasteiger partial charge in [-0.05, 0) is 30.7 Å². The Balaban J connectivity index is 1.85. The van der Waals surface area contributed by atoms with Gasteiger partial charge in [0, 0.05) is 18.7 Å². The molecule has 0 unspecified atom stereocenters. The summed E-state index contributed by atoms with van der Waals surface area (Å²) in [5.41, 5.74) is 1.52. The first kappa shape index (κ1) is 12.4. The highest BCUT2D eigenvalue weighted by Gasteiger charge is 2.31. The molecule has 0 radical (unpaired) electrons. The number of nitrogens with one attached hydrogen (secondary N) is 1. The van der Waals surface area contributed by atoms with Gasteiger partial charge in [-0.1, -0.05) is 38.0 Å². The monoisotopic (exact) mass is 233 g/mol. The Morgan fingerprint density at radius 2 is 1.94 bits per heavy atom. The number of rotatable bonds is 5. The molecule has 2 rings (SSSR count). The summed E-state index contributed by atoms with van der Waals surface area (Å²) in [6.07, 6.45) is 6.74.